The van der Waals surface area contributed by atoms with Crippen molar-refractivity contribution in [1.82, 2.24) is 10.6 Å². The summed E-state index contributed by atoms with van der Waals surface area (Å²) in [7, 11) is 0. The number of ether oxygens (including phenoxy) is 1. The smallest absolute Gasteiger partial charge is 0.258 e. The molecule has 0 fully saturated rings. The minimum atomic E-state index is -0.0875. The van der Waals surface area contributed by atoms with Gasteiger partial charge in [0.15, 0.2) is 6.61 Å². The molecule has 0 aromatic heterocycles. The van der Waals surface area contributed by atoms with Crippen molar-refractivity contribution in [2.75, 3.05) is 13.2 Å². The number of hydrogen-bond acceptors (Lipinski definition) is 3. The maximum atomic E-state index is 11.6. The number of hydrogen-bond donors (Lipinski definition) is 2. The monoisotopic (exact) mass is 278 g/mol. The van der Waals surface area contributed by atoms with Crippen LogP contribution >= 0.6 is 0 Å². The van der Waals surface area contributed by atoms with Crippen LogP contribution in [0.25, 0.3) is 0 Å². The van der Waals surface area contributed by atoms with Crippen LogP contribution in [0.3, 0.4) is 0 Å². The Labute approximate surface area is 121 Å². The van der Waals surface area contributed by atoms with Gasteiger partial charge in [-0.05, 0) is 50.9 Å². The van der Waals surface area contributed by atoms with Gasteiger partial charge >= 0.3 is 0 Å². The third-order valence-electron chi connectivity index (χ3n) is 2.90. The second-order valence-corrected chi connectivity index (χ2v) is 5.35. The van der Waals surface area contributed by atoms with Gasteiger partial charge in [-0.2, -0.15) is 0 Å². The van der Waals surface area contributed by atoms with Gasteiger partial charge in [-0.25, -0.2) is 0 Å². The fourth-order valence-electron chi connectivity index (χ4n) is 2.14. The summed E-state index contributed by atoms with van der Waals surface area (Å²) in [5, 5.41) is 6.12. The Balaban J connectivity index is 2.69. The number of aryl methyl sites for hydroxylation is 2. The van der Waals surface area contributed by atoms with Crippen LogP contribution in [0.1, 0.15) is 37.5 Å². The Hall–Kier alpha value is -1.55. The third kappa shape index (κ3) is 5.21. The van der Waals surface area contributed by atoms with Gasteiger partial charge in [0.25, 0.3) is 5.91 Å². The summed E-state index contributed by atoms with van der Waals surface area (Å²) < 4.78 is 5.66. The van der Waals surface area contributed by atoms with Gasteiger partial charge in [0.05, 0.1) is 0 Å². The van der Waals surface area contributed by atoms with E-state index in [9.17, 15) is 4.79 Å². The highest BCUT2D eigenvalue weighted by Gasteiger charge is 2.09. The molecule has 0 saturated heterocycles. The molecule has 0 heterocycles. The average Bonchev–Trinajstić information content (AvgIpc) is 2.34. The van der Waals surface area contributed by atoms with E-state index in [0.717, 1.165) is 30.0 Å². The van der Waals surface area contributed by atoms with E-state index in [1.165, 1.54) is 5.56 Å². The largest absolute Gasteiger partial charge is 0.483 e. The summed E-state index contributed by atoms with van der Waals surface area (Å²) in [6, 6.07) is 4.34. The first-order valence-corrected chi connectivity index (χ1v) is 7.17. The van der Waals surface area contributed by atoms with Crippen LogP contribution in [0.4, 0.5) is 0 Å². The zero-order chi connectivity index (χ0) is 15.1. The summed E-state index contributed by atoms with van der Waals surface area (Å²) in [5.74, 6) is 0.722. The minimum Gasteiger partial charge on any atom is -0.483 e. The number of amides is 1. The highest BCUT2D eigenvalue weighted by Crippen LogP contribution is 2.24. The lowest BCUT2D eigenvalue weighted by Gasteiger charge is -2.15. The molecule has 1 aromatic carbocycles. The number of benzene rings is 1. The molecule has 0 aliphatic carbocycles. The predicted molar refractivity (Wildman–Crippen MR) is 82.1 cm³/mol. The zero-order valence-electron chi connectivity index (χ0n) is 13.2. The van der Waals surface area contributed by atoms with E-state index >= 15 is 0 Å². The molecule has 0 saturated carbocycles. The molecular weight excluding hydrogens is 252 g/mol. The van der Waals surface area contributed by atoms with E-state index in [4.69, 9.17) is 4.74 Å². The quantitative estimate of drug-likeness (QED) is 0.805. The Morgan fingerprint density at radius 1 is 1.25 bits per heavy atom. The number of rotatable bonds is 7. The van der Waals surface area contributed by atoms with Crippen molar-refractivity contribution in [1.29, 1.82) is 0 Å². The van der Waals surface area contributed by atoms with E-state index in [-0.39, 0.29) is 18.6 Å². The molecule has 4 heteroatoms. The minimum absolute atomic E-state index is 0.0619. The molecule has 20 heavy (non-hydrogen) atoms. The van der Waals surface area contributed by atoms with Crippen molar-refractivity contribution in [3.8, 4) is 5.75 Å². The first-order chi connectivity index (χ1) is 9.43. The van der Waals surface area contributed by atoms with E-state index < -0.39 is 0 Å². The lowest BCUT2D eigenvalue weighted by Crippen LogP contribution is -2.34. The van der Waals surface area contributed by atoms with Gasteiger partial charge < -0.3 is 15.4 Å². The number of carbonyl (C=O) groups excluding carboxylic acids is 1. The maximum absolute atomic E-state index is 11.6. The molecule has 0 aliphatic rings. The van der Waals surface area contributed by atoms with E-state index in [2.05, 4.69) is 29.7 Å². The molecule has 2 N–H and O–H groups in total. The van der Waals surface area contributed by atoms with Crippen LogP contribution in [-0.4, -0.2) is 25.1 Å². The Kier molecular flexibility index (Phi) is 6.52. The second kappa shape index (κ2) is 7.90. The second-order valence-electron chi connectivity index (χ2n) is 5.35. The number of nitrogens with one attached hydrogen (secondary N) is 2. The molecular formula is C16H26N2O2. The summed E-state index contributed by atoms with van der Waals surface area (Å²) >= 11 is 0. The first-order valence-electron chi connectivity index (χ1n) is 7.17. The first kappa shape index (κ1) is 16.5. The fourth-order valence-corrected chi connectivity index (χ4v) is 2.14. The van der Waals surface area contributed by atoms with Crippen LogP contribution in [0.15, 0.2) is 12.1 Å². The van der Waals surface area contributed by atoms with Crippen molar-refractivity contribution in [2.45, 2.75) is 47.2 Å². The van der Waals surface area contributed by atoms with Gasteiger partial charge in [0, 0.05) is 12.6 Å². The number of carbonyl (C=O) groups is 1. The standard InChI is InChI=1S/C16H26N2O2/c1-6-17-9-14-7-12(4)16(13(5)8-14)20-10-15(19)18-11(2)3/h7-8,11,17H,6,9-10H2,1-5H3,(H,18,19). The maximum Gasteiger partial charge on any atom is 0.258 e. The highest BCUT2D eigenvalue weighted by atomic mass is 16.5. The SMILES string of the molecule is CCNCc1cc(C)c(OCC(=O)NC(C)C)c(C)c1. The molecule has 1 rings (SSSR count). The van der Waals surface area contributed by atoms with Crippen LogP contribution < -0.4 is 15.4 Å². The summed E-state index contributed by atoms with van der Waals surface area (Å²) in [5.41, 5.74) is 3.37. The molecule has 0 bridgehead atoms. The Morgan fingerprint density at radius 2 is 1.85 bits per heavy atom. The molecule has 0 atom stereocenters. The van der Waals surface area contributed by atoms with E-state index in [1.807, 2.05) is 27.7 Å². The topological polar surface area (TPSA) is 50.4 Å². The van der Waals surface area contributed by atoms with Crippen molar-refractivity contribution >= 4 is 5.91 Å². The van der Waals surface area contributed by atoms with Crippen LogP contribution in [0.5, 0.6) is 5.75 Å². The van der Waals surface area contributed by atoms with E-state index in [0.29, 0.717) is 0 Å². The van der Waals surface area contributed by atoms with Crippen LogP contribution in [-0.2, 0) is 11.3 Å². The molecule has 112 valence electrons. The Morgan fingerprint density at radius 3 is 2.35 bits per heavy atom. The fraction of sp³-hybridized carbons (Fsp3) is 0.562. The average molecular weight is 278 g/mol. The normalized spacial score (nSPS) is 10.7. The van der Waals surface area contributed by atoms with Crippen LogP contribution in [0, 0.1) is 13.8 Å². The van der Waals surface area contributed by atoms with Gasteiger partial charge in [0.2, 0.25) is 0 Å². The van der Waals surface area contributed by atoms with Gasteiger partial charge in [-0.3, -0.25) is 4.79 Å². The lowest BCUT2D eigenvalue weighted by atomic mass is 10.1. The lowest BCUT2D eigenvalue weighted by molar-refractivity contribution is -0.123. The van der Waals surface area contributed by atoms with Crippen molar-refractivity contribution in [2.24, 2.45) is 0 Å². The molecule has 1 aromatic rings. The molecule has 0 unspecified atom stereocenters. The molecule has 4 nitrogen and oxygen atoms in total. The predicted octanol–water partition coefficient (Wildman–Crippen LogP) is 2.32. The van der Waals surface area contributed by atoms with Crippen LogP contribution in [0.2, 0.25) is 0 Å². The Bertz CT molecular complexity index is 433. The summed E-state index contributed by atoms with van der Waals surface area (Å²) in [4.78, 5) is 11.6. The van der Waals surface area contributed by atoms with Crippen molar-refractivity contribution in [3.63, 3.8) is 0 Å². The van der Waals surface area contributed by atoms with Gasteiger partial charge in [-0.15, -0.1) is 0 Å². The zero-order valence-corrected chi connectivity index (χ0v) is 13.2. The molecule has 0 radical (unpaired) electrons. The van der Waals surface area contributed by atoms with Gasteiger partial charge in [-0.1, -0.05) is 19.1 Å². The summed E-state index contributed by atoms with van der Waals surface area (Å²) in [6.07, 6.45) is 0. The summed E-state index contributed by atoms with van der Waals surface area (Å²) in [6.45, 7) is 11.8. The third-order valence-corrected chi connectivity index (χ3v) is 2.90. The van der Waals surface area contributed by atoms with E-state index in [1.54, 1.807) is 0 Å². The van der Waals surface area contributed by atoms with Crippen molar-refractivity contribution in [3.05, 3.63) is 28.8 Å². The van der Waals surface area contributed by atoms with Crippen molar-refractivity contribution < 1.29 is 9.53 Å². The highest BCUT2D eigenvalue weighted by molar-refractivity contribution is 5.77. The molecule has 0 aliphatic heterocycles. The van der Waals surface area contributed by atoms with Gasteiger partial charge in [0.1, 0.15) is 5.75 Å². The molecule has 0 spiro atoms. The molecule has 1 amide bonds.